The van der Waals surface area contributed by atoms with Crippen LogP contribution in [0.25, 0.3) is 0 Å². The van der Waals surface area contributed by atoms with Crippen molar-refractivity contribution in [2.75, 3.05) is 58.2 Å². The molecule has 0 saturated heterocycles. The highest BCUT2D eigenvalue weighted by Crippen LogP contribution is 2.50. The van der Waals surface area contributed by atoms with Gasteiger partial charge in [-0.2, -0.15) is 0 Å². The molecule has 0 aliphatic carbocycles. The number of anilines is 2. The highest BCUT2D eigenvalue weighted by Gasteiger charge is 2.40. The van der Waals surface area contributed by atoms with Crippen LogP contribution >= 0.6 is 0 Å². The molecule has 0 N–H and O–H groups in total. The van der Waals surface area contributed by atoms with Gasteiger partial charge in [-0.3, -0.25) is 0 Å². The summed E-state index contributed by atoms with van der Waals surface area (Å²) in [5, 5.41) is 0. The van der Waals surface area contributed by atoms with Crippen LogP contribution in [-0.2, 0) is 35.6 Å². The number of nitrogens with zero attached hydrogens (tertiary/aromatic N) is 1. The largest absolute Gasteiger partial charge is 0.501 e. The number of para-hydroxylation sites is 2. The Hall–Kier alpha value is -1.94. The quantitative estimate of drug-likeness (QED) is 0.185. The van der Waals surface area contributed by atoms with Crippen LogP contribution in [0.15, 0.2) is 36.4 Å². The number of hydrogen-bond acceptors (Lipinski definition) is 7. The van der Waals surface area contributed by atoms with Gasteiger partial charge in [0.15, 0.2) is 11.5 Å². The monoisotopic (exact) mass is 517 g/mol. The van der Waals surface area contributed by atoms with Crippen molar-refractivity contribution in [2.24, 2.45) is 0 Å². The third-order valence-electron chi connectivity index (χ3n) is 6.14. The SMILES string of the molecule is CCCc1cccc2c1Oc1c(CC[Si](OCC)(OCC)OCC)cccc1N2CCOCCOC. The molecule has 7 nitrogen and oxygen atoms in total. The van der Waals surface area contributed by atoms with Crippen LogP contribution in [0.1, 0.15) is 45.2 Å². The molecule has 0 bridgehead atoms. The minimum Gasteiger partial charge on any atom is -0.452 e. The lowest BCUT2D eigenvalue weighted by molar-refractivity contribution is 0.0714. The molecule has 0 atom stereocenters. The maximum Gasteiger partial charge on any atom is 0.501 e. The zero-order valence-corrected chi connectivity index (χ0v) is 23.6. The van der Waals surface area contributed by atoms with E-state index in [4.69, 9.17) is 27.5 Å². The number of methoxy groups -OCH3 is 1. The lowest BCUT2D eigenvalue weighted by Gasteiger charge is -2.35. The Bertz CT molecular complexity index is 923. The maximum absolute atomic E-state index is 6.70. The highest BCUT2D eigenvalue weighted by atomic mass is 28.4. The Balaban J connectivity index is 1.93. The first-order valence-corrected chi connectivity index (χ1v) is 15.2. The summed E-state index contributed by atoms with van der Waals surface area (Å²) in [5.74, 6) is 1.84. The lowest BCUT2D eigenvalue weighted by atomic mass is 10.0. The van der Waals surface area contributed by atoms with Crippen LogP contribution in [0, 0.1) is 0 Å². The van der Waals surface area contributed by atoms with Gasteiger partial charge in [-0.25, -0.2) is 0 Å². The fourth-order valence-electron chi connectivity index (χ4n) is 4.63. The summed E-state index contributed by atoms with van der Waals surface area (Å²) >= 11 is 0. The van der Waals surface area contributed by atoms with E-state index in [0.29, 0.717) is 45.7 Å². The number of benzene rings is 2. The smallest absolute Gasteiger partial charge is 0.452 e. The van der Waals surface area contributed by atoms with E-state index in [1.807, 2.05) is 20.8 Å². The molecule has 200 valence electrons. The van der Waals surface area contributed by atoms with Crippen LogP contribution in [0.3, 0.4) is 0 Å². The number of hydrogen-bond donors (Lipinski definition) is 0. The molecular formula is C28H43NO6Si. The van der Waals surface area contributed by atoms with Gasteiger partial charge in [-0.05, 0) is 56.9 Å². The van der Waals surface area contributed by atoms with Crippen molar-refractivity contribution < 1.29 is 27.5 Å². The highest BCUT2D eigenvalue weighted by molar-refractivity contribution is 6.60. The molecule has 8 heteroatoms. The van der Waals surface area contributed by atoms with Gasteiger partial charge in [0.25, 0.3) is 0 Å². The predicted octanol–water partition coefficient (Wildman–Crippen LogP) is 6.14. The van der Waals surface area contributed by atoms with E-state index in [0.717, 1.165) is 54.2 Å². The molecule has 1 heterocycles. The summed E-state index contributed by atoms with van der Waals surface area (Å²) in [7, 11) is -1.08. The maximum atomic E-state index is 6.70. The summed E-state index contributed by atoms with van der Waals surface area (Å²) in [5.41, 5.74) is 4.50. The van der Waals surface area contributed by atoms with Crippen molar-refractivity contribution in [3.05, 3.63) is 47.5 Å². The third kappa shape index (κ3) is 7.09. The third-order valence-corrected chi connectivity index (χ3v) is 9.19. The van der Waals surface area contributed by atoms with E-state index in [1.165, 1.54) is 5.56 Å². The van der Waals surface area contributed by atoms with E-state index in [-0.39, 0.29) is 0 Å². The first-order chi connectivity index (χ1) is 17.6. The molecule has 0 aromatic heterocycles. The average molecular weight is 518 g/mol. The molecule has 1 aliphatic heterocycles. The Morgan fingerprint density at radius 1 is 0.750 bits per heavy atom. The van der Waals surface area contributed by atoms with Crippen molar-refractivity contribution in [3.8, 4) is 11.5 Å². The molecule has 36 heavy (non-hydrogen) atoms. The Morgan fingerprint density at radius 2 is 1.33 bits per heavy atom. The van der Waals surface area contributed by atoms with Crippen molar-refractivity contribution in [3.63, 3.8) is 0 Å². The van der Waals surface area contributed by atoms with Crippen molar-refractivity contribution in [1.29, 1.82) is 0 Å². The van der Waals surface area contributed by atoms with Gasteiger partial charge in [0, 0.05) is 39.5 Å². The summed E-state index contributed by atoms with van der Waals surface area (Å²) in [6.07, 6.45) is 2.77. The second-order valence-corrected chi connectivity index (χ2v) is 11.4. The Labute approximate surface area is 218 Å². The van der Waals surface area contributed by atoms with Gasteiger partial charge in [-0.15, -0.1) is 0 Å². The Kier molecular flexibility index (Phi) is 11.7. The number of rotatable bonds is 17. The normalized spacial score (nSPS) is 12.9. The standard InChI is InChI=1S/C28H43NO6Si/c1-6-12-23-13-10-15-25-27(23)35-28-24(17-22-36(32-7-2,33-8-3)34-9-4)14-11-16-26(28)29(25)18-19-31-21-20-30-5/h10-11,13-16H,6-9,12,17-22H2,1-5H3. The van der Waals surface area contributed by atoms with Gasteiger partial charge in [0.2, 0.25) is 0 Å². The van der Waals surface area contributed by atoms with Crippen LogP contribution in [0.4, 0.5) is 11.4 Å². The second kappa shape index (κ2) is 14.7. The summed E-state index contributed by atoms with van der Waals surface area (Å²) in [6, 6.07) is 13.5. The molecule has 1 aliphatic rings. The molecule has 3 rings (SSSR count). The molecule has 0 fully saturated rings. The molecule has 2 aromatic rings. The second-order valence-electron chi connectivity index (χ2n) is 8.62. The fraction of sp³-hybridized carbons (Fsp3) is 0.571. The van der Waals surface area contributed by atoms with Crippen LogP contribution in [0.5, 0.6) is 11.5 Å². The molecule has 0 saturated carbocycles. The molecule has 0 radical (unpaired) electrons. The molecule has 0 unspecified atom stereocenters. The van der Waals surface area contributed by atoms with Crippen molar-refractivity contribution >= 4 is 20.2 Å². The van der Waals surface area contributed by atoms with Gasteiger partial charge in [0.05, 0.1) is 31.2 Å². The predicted molar refractivity (Wildman–Crippen MR) is 146 cm³/mol. The molecule has 0 amide bonds. The number of ether oxygens (including phenoxy) is 3. The van der Waals surface area contributed by atoms with E-state index >= 15 is 0 Å². The minimum absolute atomic E-state index is 0.570. The number of aryl methyl sites for hydroxylation is 2. The van der Waals surface area contributed by atoms with Crippen LogP contribution < -0.4 is 9.64 Å². The lowest BCUT2D eigenvalue weighted by Crippen LogP contribution is -2.46. The van der Waals surface area contributed by atoms with Crippen LogP contribution in [-0.4, -0.2) is 62.1 Å². The molecule has 0 spiro atoms. The molecule has 2 aromatic carbocycles. The average Bonchev–Trinajstić information content (AvgIpc) is 2.88. The molecular weight excluding hydrogens is 474 g/mol. The fourth-order valence-corrected chi connectivity index (χ4v) is 7.21. The summed E-state index contributed by atoms with van der Waals surface area (Å²) < 4.78 is 36.0. The van der Waals surface area contributed by atoms with Crippen molar-refractivity contribution in [1.82, 2.24) is 0 Å². The van der Waals surface area contributed by atoms with E-state index < -0.39 is 8.80 Å². The minimum atomic E-state index is -2.77. The zero-order valence-electron chi connectivity index (χ0n) is 22.6. The van der Waals surface area contributed by atoms with Gasteiger partial charge >= 0.3 is 8.80 Å². The van der Waals surface area contributed by atoms with Gasteiger partial charge in [-0.1, -0.05) is 37.6 Å². The number of fused-ring (bicyclic) bond motifs is 2. The van der Waals surface area contributed by atoms with Crippen molar-refractivity contribution in [2.45, 2.75) is 53.0 Å². The van der Waals surface area contributed by atoms with Crippen LogP contribution in [0.2, 0.25) is 6.04 Å². The first-order valence-electron chi connectivity index (χ1n) is 13.3. The first kappa shape index (κ1) is 28.6. The van der Waals surface area contributed by atoms with Gasteiger partial charge in [0.1, 0.15) is 0 Å². The van der Waals surface area contributed by atoms with E-state index in [9.17, 15) is 0 Å². The summed E-state index contributed by atoms with van der Waals surface area (Å²) in [4.78, 5) is 2.32. The van der Waals surface area contributed by atoms with Gasteiger partial charge < -0.3 is 32.4 Å². The zero-order chi connectivity index (χ0) is 25.8. The summed E-state index contributed by atoms with van der Waals surface area (Å²) in [6.45, 7) is 12.4. The van der Waals surface area contributed by atoms with E-state index in [1.54, 1.807) is 7.11 Å². The topological polar surface area (TPSA) is 58.6 Å². The van der Waals surface area contributed by atoms with E-state index in [2.05, 4.69) is 48.2 Å². The Morgan fingerprint density at radius 3 is 1.86 bits per heavy atom.